The molecule has 0 radical (unpaired) electrons. The maximum absolute atomic E-state index is 10.9. The molecule has 4 nitrogen and oxygen atoms in total. The van der Waals surface area contributed by atoms with E-state index in [0.29, 0.717) is 11.4 Å². The Bertz CT molecular complexity index is 365. The Hall–Kier alpha value is -1.84. The monoisotopic (exact) mass is 206 g/mol. The summed E-state index contributed by atoms with van der Waals surface area (Å²) in [7, 11) is 0. The van der Waals surface area contributed by atoms with Crippen molar-refractivity contribution in [2.24, 2.45) is 0 Å². The lowest BCUT2D eigenvalue weighted by molar-refractivity contribution is -0.115. The van der Waals surface area contributed by atoms with Crippen LogP contribution < -0.4 is 10.6 Å². The Kier molecular flexibility index (Phi) is 3.44. The second-order valence-corrected chi connectivity index (χ2v) is 3.45. The fraction of sp³-hybridized carbons (Fsp3) is 0.273. The summed E-state index contributed by atoms with van der Waals surface area (Å²) in [6.07, 6.45) is 0. The summed E-state index contributed by atoms with van der Waals surface area (Å²) in [4.78, 5) is 21.7. The van der Waals surface area contributed by atoms with E-state index in [1.165, 1.54) is 13.8 Å². The lowest BCUT2D eigenvalue weighted by atomic mass is 10.2. The van der Waals surface area contributed by atoms with Crippen molar-refractivity contribution < 1.29 is 9.59 Å². The number of nitrogens with one attached hydrogen (secondary N) is 2. The van der Waals surface area contributed by atoms with E-state index in [2.05, 4.69) is 10.6 Å². The summed E-state index contributed by atoms with van der Waals surface area (Å²) in [5.74, 6) is -0.260. The number of hydrogen-bond donors (Lipinski definition) is 2. The van der Waals surface area contributed by atoms with E-state index in [9.17, 15) is 9.59 Å². The lowest BCUT2D eigenvalue weighted by Gasteiger charge is -2.08. The first-order valence-corrected chi connectivity index (χ1v) is 4.64. The highest BCUT2D eigenvalue weighted by atomic mass is 16.2. The molecule has 0 unspecified atom stereocenters. The molecule has 0 atom stereocenters. The molecule has 2 amide bonds. The van der Waals surface area contributed by atoms with Crippen molar-refractivity contribution in [3.05, 3.63) is 23.8 Å². The van der Waals surface area contributed by atoms with Crippen molar-refractivity contribution in [2.75, 3.05) is 10.6 Å². The van der Waals surface area contributed by atoms with Crippen molar-refractivity contribution in [1.29, 1.82) is 0 Å². The number of carbonyl (C=O) groups is 2. The zero-order chi connectivity index (χ0) is 11.4. The third kappa shape index (κ3) is 3.81. The summed E-state index contributed by atoms with van der Waals surface area (Å²) in [6, 6.07) is 5.40. The van der Waals surface area contributed by atoms with Gasteiger partial charge in [-0.2, -0.15) is 0 Å². The number of rotatable bonds is 2. The van der Waals surface area contributed by atoms with Gasteiger partial charge in [-0.05, 0) is 30.7 Å². The zero-order valence-electron chi connectivity index (χ0n) is 9.05. The van der Waals surface area contributed by atoms with E-state index >= 15 is 0 Å². The molecule has 15 heavy (non-hydrogen) atoms. The standard InChI is InChI=1S/C11H14N2O2/c1-7-4-10(12-8(2)14)6-11(5-7)13-9(3)15/h4-6H,1-3H3,(H,12,14)(H,13,15). The SMILES string of the molecule is CC(=O)Nc1cc(C)cc(NC(C)=O)c1. The van der Waals surface area contributed by atoms with E-state index < -0.39 is 0 Å². The van der Waals surface area contributed by atoms with Crippen LogP contribution in [0.2, 0.25) is 0 Å². The first-order valence-electron chi connectivity index (χ1n) is 4.64. The van der Waals surface area contributed by atoms with Gasteiger partial charge in [0.1, 0.15) is 0 Å². The number of carbonyl (C=O) groups excluding carboxylic acids is 2. The quantitative estimate of drug-likeness (QED) is 0.776. The number of hydrogen-bond acceptors (Lipinski definition) is 2. The predicted octanol–water partition coefficient (Wildman–Crippen LogP) is 1.91. The molecule has 0 saturated carbocycles. The summed E-state index contributed by atoms with van der Waals surface area (Å²) < 4.78 is 0. The van der Waals surface area contributed by atoms with Gasteiger partial charge in [0.05, 0.1) is 0 Å². The van der Waals surface area contributed by atoms with Gasteiger partial charge in [-0.1, -0.05) is 0 Å². The summed E-state index contributed by atoms with van der Waals surface area (Å²) in [5, 5.41) is 5.34. The summed E-state index contributed by atoms with van der Waals surface area (Å²) >= 11 is 0. The van der Waals surface area contributed by atoms with Crippen molar-refractivity contribution in [3.63, 3.8) is 0 Å². The molecule has 80 valence electrons. The molecule has 0 aromatic heterocycles. The fourth-order valence-electron chi connectivity index (χ4n) is 1.33. The van der Waals surface area contributed by atoms with Crippen LogP contribution in [0.5, 0.6) is 0 Å². The molecule has 4 heteroatoms. The average Bonchev–Trinajstić information content (AvgIpc) is 1.98. The minimum Gasteiger partial charge on any atom is -0.326 e. The van der Waals surface area contributed by atoms with Crippen molar-refractivity contribution in [2.45, 2.75) is 20.8 Å². The molecule has 0 aliphatic carbocycles. The first kappa shape index (κ1) is 11.2. The highest BCUT2D eigenvalue weighted by molar-refractivity contribution is 5.92. The smallest absolute Gasteiger partial charge is 0.221 e. The van der Waals surface area contributed by atoms with E-state index in [1.54, 1.807) is 6.07 Å². The second kappa shape index (κ2) is 4.59. The van der Waals surface area contributed by atoms with Gasteiger partial charge in [0.15, 0.2) is 0 Å². The number of amides is 2. The predicted molar refractivity (Wildman–Crippen MR) is 59.8 cm³/mol. The molecule has 0 aliphatic heterocycles. The lowest BCUT2D eigenvalue weighted by Crippen LogP contribution is -2.09. The minimum absolute atomic E-state index is 0.130. The van der Waals surface area contributed by atoms with Crippen LogP contribution in [0.4, 0.5) is 11.4 Å². The Morgan fingerprint density at radius 3 is 1.67 bits per heavy atom. The molecule has 0 heterocycles. The van der Waals surface area contributed by atoms with Gasteiger partial charge in [-0.25, -0.2) is 0 Å². The highest BCUT2D eigenvalue weighted by Gasteiger charge is 2.01. The fourth-order valence-corrected chi connectivity index (χ4v) is 1.33. The highest BCUT2D eigenvalue weighted by Crippen LogP contribution is 2.18. The molecule has 1 aromatic carbocycles. The molecule has 0 aliphatic rings. The van der Waals surface area contributed by atoms with Crippen molar-refractivity contribution in [1.82, 2.24) is 0 Å². The van der Waals surface area contributed by atoms with E-state index in [-0.39, 0.29) is 11.8 Å². The Morgan fingerprint density at radius 2 is 1.33 bits per heavy atom. The second-order valence-electron chi connectivity index (χ2n) is 3.45. The van der Waals surface area contributed by atoms with Crippen LogP contribution >= 0.6 is 0 Å². The molecule has 0 bridgehead atoms. The number of aryl methyl sites for hydroxylation is 1. The van der Waals surface area contributed by atoms with Gasteiger partial charge >= 0.3 is 0 Å². The van der Waals surface area contributed by atoms with Crippen LogP contribution in [0.3, 0.4) is 0 Å². The van der Waals surface area contributed by atoms with Crippen LogP contribution in [0.1, 0.15) is 19.4 Å². The first-order chi connectivity index (χ1) is 6.97. The maximum atomic E-state index is 10.9. The maximum Gasteiger partial charge on any atom is 0.221 e. The largest absolute Gasteiger partial charge is 0.326 e. The Morgan fingerprint density at radius 1 is 0.933 bits per heavy atom. The van der Waals surface area contributed by atoms with Crippen molar-refractivity contribution >= 4 is 23.2 Å². The molecule has 2 N–H and O–H groups in total. The third-order valence-corrected chi connectivity index (χ3v) is 1.72. The molecular formula is C11H14N2O2. The van der Waals surface area contributed by atoms with Crippen LogP contribution in [0.15, 0.2) is 18.2 Å². The van der Waals surface area contributed by atoms with Crippen LogP contribution in [0, 0.1) is 6.92 Å². The van der Waals surface area contributed by atoms with Crippen molar-refractivity contribution in [3.8, 4) is 0 Å². The summed E-state index contributed by atoms with van der Waals surface area (Å²) in [6.45, 7) is 4.79. The van der Waals surface area contributed by atoms with Gasteiger partial charge in [0.25, 0.3) is 0 Å². The van der Waals surface area contributed by atoms with Gasteiger partial charge < -0.3 is 10.6 Å². The van der Waals surface area contributed by atoms with E-state index in [0.717, 1.165) is 5.56 Å². The molecule has 0 saturated heterocycles. The van der Waals surface area contributed by atoms with Crippen LogP contribution in [-0.2, 0) is 9.59 Å². The molecule has 0 spiro atoms. The number of benzene rings is 1. The number of anilines is 2. The summed E-state index contributed by atoms with van der Waals surface area (Å²) in [5.41, 5.74) is 2.35. The average molecular weight is 206 g/mol. The van der Waals surface area contributed by atoms with Gasteiger partial charge in [0, 0.05) is 25.2 Å². The molecular weight excluding hydrogens is 192 g/mol. The van der Waals surface area contributed by atoms with Gasteiger partial charge in [-0.3, -0.25) is 9.59 Å². The Labute approximate surface area is 88.7 Å². The van der Waals surface area contributed by atoms with Crippen LogP contribution in [-0.4, -0.2) is 11.8 Å². The molecule has 0 fully saturated rings. The van der Waals surface area contributed by atoms with E-state index in [4.69, 9.17) is 0 Å². The topological polar surface area (TPSA) is 58.2 Å². The normalized spacial score (nSPS) is 9.53. The Balaban J connectivity index is 2.94. The van der Waals surface area contributed by atoms with Gasteiger partial charge in [0.2, 0.25) is 11.8 Å². The van der Waals surface area contributed by atoms with E-state index in [1.807, 2.05) is 19.1 Å². The minimum atomic E-state index is -0.130. The molecule has 1 rings (SSSR count). The molecule has 1 aromatic rings. The third-order valence-electron chi connectivity index (χ3n) is 1.72. The van der Waals surface area contributed by atoms with Crippen LogP contribution in [0.25, 0.3) is 0 Å². The zero-order valence-corrected chi connectivity index (χ0v) is 9.05. The van der Waals surface area contributed by atoms with Gasteiger partial charge in [-0.15, -0.1) is 0 Å².